The lowest BCUT2D eigenvalue weighted by Gasteiger charge is -2.18. The third-order valence-electron chi connectivity index (χ3n) is 16.5. The monoisotopic (exact) mass is 1100 g/mol. The lowest BCUT2D eigenvalue weighted by Crippen LogP contribution is -2.30. The second-order valence-electron chi connectivity index (χ2n) is 24.5. The van der Waals surface area contributed by atoms with Crippen molar-refractivity contribution in [2.24, 2.45) is 0 Å². The molecule has 1 unspecified atom stereocenters. The molecule has 0 aliphatic rings. The summed E-state index contributed by atoms with van der Waals surface area (Å²) < 4.78 is 17.0. The van der Waals surface area contributed by atoms with Gasteiger partial charge < -0.3 is 14.2 Å². The Kier molecular flexibility index (Phi) is 66.0. The topological polar surface area (TPSA) is 78.9 Å². The molecule has 0 fully saturated rings. The standard InChI is InChI=1S/C72H138O6/c1-4-7-10-13-16-19-22-25-28-31-33-35-36-38-39-41-44-47-50-53-56-59-62-65-71(74)77-68-69(67-76-70(73)64-61-58-55-52-49-46-43-30-27-24-21-18-15-12-9-6-3)78-72(75)66-63-60-57-54-51-48-45-42-40-37-34-32-29-26-23-20-17-14-11-8-5-2/h30,43,69H,4-29,31-42,44-68H2,1-3H3/b43-30-. The fourth-order valence-corrected chi connectivity index (χ4v) is 11.2. The summed E-state index contributed by atoms with van der Waals surface area (Å²) in [5.74, 6) is -0.837. The van der Waals surface area contributed by atoms with Gasteiger partial charge in [0, 0.05) is 19.3 Å². The van der Waals surface area contributed by atoms with Crippen LogP contribution < -0.4 is 0 Å². The van der Waals surface area contributed by atoms with Gasteiger partial charge in [-0.3, -0.25) is 14.4 Å². The van der Waals surface area contributed by atoms with Gasteiger partial charge in [-0.15, -0.1) is 0 Å². The molecule has 0 aromatic rings. The van der Waals surface area contributed by atoms with Gasteiger partial charge in [0.25, 0.3) is 0 Å². The van der Waals surface area contributed by atoms with Crippen LogP contribution in [0.25, 0.3) is 0 Å². The van der Waals surface area contributed by atoms with Crippen molar-refractivity contribution in [3.8, 4) is 0 Å². The molecule has 0 saturated carbocycles. The number of esters is 3. The fraction of sp³-hybridized carbons (Fsp3) is 0.931. The van der Waals surface area contributed by atoms with Crippen molar-refractivity contribution >= 4 is 17.9 Å². The van der Waals surface area contributed by atoms with Gasteiger partial charge >= 0.3 is 17.9 Å². The maximum atomic E-state index is 13.0. The van der Waals surface area contributed by atoms with Crippen molar-refractivity contribution < 1.29 is 28.6 Å². The molecule has 0 aliphatic heterocycles. The lowest BCUT2D eigenvalue weighted by molar-refractivity contribution is -0.167. The van der Waals surface area contributed by atoms with Crippen molar-refractivity contribution in [3.05, 3.63) is 12.2 Å². The van der Waals surface area contributed by atoms with Crippen molar-refractivity contribution in [1.29, 1.82) is 0 Å². The number of hydrogen-bond donors (Lipinski definition) is 0. The normalized spacial score (nSPS) is 12.0. The molecule has 0 N–H and O–H groups in total. The van der Waals surface area contributed by atoms with Crippen molar-refractivity contribution in [2.75, 3.05) is 13.2 Å². The molecule has 6 nitrogen and oxygen atoms in total. The third-order valence-corrected chi connectivity index (χ3v) is 16.5. The highest BCUT2D eigenvalue weighted by atomic mass is 16.6. The van der Waals surface area contributed by atoms with E-state index in [1.54, 1.807) is 0 Å². The first-order chi connectivity index (χ1) is 38.5. The van der Waals surface area contributed by atoms with E-state index in [0.29, 0.717) is 19.3 Å². The van der Waals surface area contributed by atoms with Gasteiger partial charge in [-0.05, 0) is 44.9 Å². The van der Waals surface area contributed by atoms with E-state index in [1.807, 2.05) is 0 Å². The molecule has 78 heavy (non-hydrogen) atoms. The fourth-order valence-electron chi connectivity index (χ4n) is 11.2. The molecule has 0 bridgehead atoms. The second kappa shape index (κ2) is 67.7. The SMILES string of the molecule is CCCCCCCCC/C=C\CCCCCCCC(=O)OCC(COC(=O)CCCCCCCCCCCCCCCCCCCCCCCCC)OC(=O)CCCCCCCCCCCCCCCCCCCCCCC. The van der Waals surface area contributed by atoms with Crippen LogP contribution in [-0.4, -0.2) is 37.2 Å². The zero-order chi connectivity index (χ0) is 56.4. The Bertz CT molecular complexity index is 1210. The van der Waals surface area contributed by atoms with Crippen LogP contribution in [0, 0.1) is 0 Å². The van der Waals surface area contributed by atoms with E-state index in [1.165, 1.54) is 308 Å². The molecule has 0 aliphatic carbocycles. The first-order valence-electron chi connectivity index (χ1n) is 35.7. The minimum atomic E-state index is -0.770. The summed E-state index contributed by atoms with van der Waals surface area (Å²) in [7, 11) is 0. The molecule has 0 spiro atoms. The van der Waals surface area contributed by atoms with E-state index >= 15 is 0 Å². The lowest BCUT2D eigenvalue weighted by atomic mass is 10.0. The third kappa shape index (κ3) is 65.0. The van der Waals surface area contributed by atoms with Crippen LogP contribution >= 0.6 is 0 Å². The maximum absolute atomic E-state index is 13.0. The van der Waals surface area contributed by atoms with Crippen molar-refractivity contribution in [3.63, 3.8) is 0 Å². The molecule has 0 radical (unpaired) electrons. The van der Waals surface area contributed by atoms with E-state index in [9.17, 15) is 14.4 Å². The molecular weight excluding hydrogens is 961 g/mol. The minimum absolute atomic E-state index is 0.0655. The summed E-state index contributed by atoms with van der Waals surface area (Å²) in [6.07, 6.45) is 81.0. The highest BCUT2D eigenvalue weighted by Crippen LogP contribution is 2.19. The van der Waals surface area contributed by atoms with Gasteiger partial charge in [0.15, 0.2) is 6.10 Å². The van der Waals surface area contributed by atoms with E-state index < -0.39 is 6.10 Å². The Balaban J connectivity index is 4.26. The van der Waals surface area contributed by atoms with Crippen molar-refractivity contribution in [1.82, 2.24) is 0 Å². The number of carbonyl (C=O) groups is 3. The highest BCUT2D eigenvalue weighted by molar-refractivity contribution is 5.71. The Morgan fingerprint density at radius 1 is 0.244 bits per heavy atom. The number of carbonyl (C=O) groups excluding carboxylic acids is 3. The van der Waals surface area contributed by atoms with Crippen LogP contribution in [0.5, 0.6) is 0 Å². The van der Waals surface area contributed by atoms with Crippen LogP contribution in [0.4, 0.5) is 0 Å². The molecule has 6 heteroatoms. The maximum Gasteiger partial charge on any atom is 0.306 e. The molecule has 0 heterocycles. The predicted molar refractivity (Wildman–Crippen MR) is 340 cm³/mol. The zero-order valence-electron chi connectivity index (χ0n) is 53.2. The summed E-state index contributed by atoms with van der Waals surface area (Å²) in [5, 5.41) is 0. The molecule has 0 saturated heterocycles. The number of unbranched alkanes of at least 4 members (excludes halogenated alkanes) is 54. The van der Waals surface area contributed by atoms with Gasteiger partial charge in [-0.2, -0.15) is 0 Å². The van der Waals surface area contributed by atoms with Crippen LogP contribution in [0.2, 0.25) is 0 Å². The van der Waals surface area contributed by atoms with Crippen LogP contribution in [0.1, 0.15) is 412 Å². The first-order valence-corrected chi connectivity index (χ1v) is 35.7. The van der Waals surface area contributed by atoms with Gasteiger partial charge in [-0.1, -0.05) is 360 Å². The molecule has 462 valence electrons. The highest BCUT2D eigenvalue weighted by Gasteiger charge is 2.19. The van der Waals surface area contributed by atoms with Gasteiger partial charge in [0.2, 0.25) is 0 Å². The summed E-state index contributed by atoms with van der Waals surface area (Å²) in [6, 6.07) is 0. The number of hydrogen-bond acceptors (Lipinski definition) is 6. The van der Waals surface area contributed by atoms with Crippen molar-refractivity contribution in [2.45, 2.75) is 419 Å². The molecule has 0 aromatic heterocycles. The Labute approximate surface area is 488 Å². The molecule has 1 atom stereocenters. The Morgan fingerprint density at radius 2 is 0.423 bits per heavy atom. The quantitative estimate of drug-likeness (QED) is 0.0261. The summed E-state index contributed by atoms with van der Waals surface area (Å²) in [4.78, 5) is 38.5. The van der Waals surface area contributed by atoms with E-state index in [-0.39, 0.29) is 31.1 Å². The number of rotatable bonds is 67. The molecule has 0 aromatic carbocycles. The van der Waals surface area contributed by atoms with Crippen LogP contribution in [0.3, 0.4) is 0 Å². The van der Waals surface area contributed by atoms with Gasteiger partial charge in [0.1, 0.15) is 13.2 Å². The number of ether oxygens (including phenoxy) is 3. The summed E-state index contributed by atoms with van der Waals surface area (Å²) >= 11 is 0. The molecule has 0 rings (SSSR count). The zero-order valence-corrected chi connectivity index (χ0v) is 53.2. The average Bonchev–Trinajstić information content (AvgIpc) is 3.44. The van der Waals surface area contributed by atoms with Gasteiger partial charge in [-0.25, -0.2) is 0 Å². The smallest absolute Gasteiger partial charge is 0.306 e. The average molecular weight is 1100 g/mol. The van der Waals surface area contributed by atoms with E-state index in [4.69, 9.17) is 14.2 Å². The molecular formula is C72H138O6. The second-order valence-corrected chi connectivity index (χ2v) is 24.5. The van der Waals surface area contributed by atoms with Crippen LogP contribution in [-0.2, 0) is 28.6 Å². The van der Waals surface area contributed by atoms with E-state index in [2.05, 4.69) is 32.9 Å². The Morgan fingerprint density at radius 3 is 0.641 bits per heavy atom. The summed E-state index contributed by atoms with van der Waals surface area (Å²) in [5.41, 5.74) is 0. The number of allylic oxidation sites excluding steroid dienone is 2. The Hall–Kier alpha value is -1.85. The predicted octanol–water partition coefficient (Wildman–Crippen LogP) is 24.4. The first kappa shape index (κ1) is 76.1. The van der Waals surface area contributed by atoms with Crippen LogP contribution in [0.15, 0.2) is 12.2 Å². The minimum Gasteiger partial charge on any atom is -0.462 e. The largest absolute Gasteiger partial charge is 0.462 e. The van der Waals surface area contributed by atoms with E-state index in [0.717, 1.165) is 64.2 Å². The molecule has 0 amide bonds. The summed E-state index contributed by atoms with van der Waals surface area (Å²) in [6.45, 7) is 6.73. The van der Waals surface area contributed by atoms with Gasteiger partial charge in [0.05, 0.1) is 0 Å².